The number of para-hydroxylation sites is 1. The van der Waals surface area contributed by atoms with Crippen molar-refractivity contribution in [1.82, 2.24) is 0 Å². The Kier molecular flexibility index (Phi) is 4.82. The van der Waals surface area contributed by atoms with Crippen LogP contribution in [0.5, 0.6) is 0 Å². The van der Waals surface area contributed by atoms with E-state index in [2.05, 4.69) is 5.32 Å². The molecule has 0 fully saturated rings. The first-order chi connectivity index (χ1) is 10.0. The highest BCUT2D eigenvalue weighted by atomic mass is 35.5. The van der Waals surface area contributed by atoms with Crippen LogP contribution < -0.4 is 5.32 Å². The van der Waals surface area contributed by atoms with Crippen molar-refractivity contribution in [2.24, 2.45) is 0 Å². The Morgan fingerprint density at radius 2 is 2.00 bits per heavy atom. The number of nitro groups is 1. The summed E-state index contributed by atoms with van der Waals surface area (Å²) in [7, 11) is 0. The topological polar surface area (TPSA) is 72.2 Å². The second-order valence-corrected chi connectivity index (χ2v) is 5.33. The van der Waals surface area contributed by atoms with Gasteiger partial charge in [-0.25, -0.2) is 0 Å². The van der Waals surface area contributed by atoms with Gasteiger partial charge in [0.05, 0.1) is 10.6 Å². The lowest BCUT2D eigenvalue weighted by molar-refractivity contribution is -0.384. The number of rotatable bonds is 4. The molecule has 1 amide bonds. The third kappa shape index (κ3) is 3.53. The number of halogens is 1. The molecule has 0 aliphatic rings. The Morgan fingerprint density at radius 1 is 1.29 bits per heavy atom. The molecule has 108 valence electrons. The number of nitrogens with one attached hydrogen (secondary N) is 1. The third-order valence-electron chi connectivity index (χ3n) is 2.76. The Morgan fingerprint density at radius 3 is 2.62 bits per heavy atom. The largest absolute Gasteiger partial charge is 0.321 e. The maximum Gasteiger partial charge on any atom is 0.287 e. The van der Waals surface area contributed by atoms with Gasteiger partial charge in [-0.15, -0.1) is 11.8 Å². The molecule has 0 aliphatic heterocycles. The summed E-state index contributed by atoms with van der Waals surface area (Å²) in [6.45, 7) is 0. The van der Waals surface area contributed by atoms with E-state index in [0.29, 0.717) is 5.69 Å². The Hall–Kier alpha value is -2.05. The number of carbonyl (C=O) groups is 1. The van der Waals surface area contributed by atoms with Crippen molar-refractivity contribution < 1.29 is 9.72 Å². The Balaban J connectivity index is 2.25. The molecule has 0 saturated heterocycles. The van der Waals surface area contributed by atoms with Crippen molar-refractivity contribution in [1.29, 1.82) is 0 Å². The molecule has 5 nitrogen and oxygen atoms in total. The molecule has 0 saturated carbocycles. The van der Waals surface area contributed by atoms with E-state index < -0.39 is 4.92 Å². The van der Waals surface area contributed by atoms with Crippen LogP contribution in [-0.2, 0) is 0 Å². The summed E-state index contributed by atoms with van der Waals surface area (Å²) in [5, 5.41) is 13.4. The van der Waals surface area contributed by atoms with Crippen molar-refractivity contribution in [2.45, 2.75) is 4.90 Å². The van der Waals surface area contributed by atoms with Gasteiger partial charge >= 0.3 is 0 Å². The zero-order chi connectivity index (χ0) is 15.4. The zero-order valence-corrected chi connectivity index (χ0v) is 12.6. The first-order valence-electron chi connectivity index (χ1n) is 5.91. The van der Waals surface area contributed by atoms with Gasteiger partial charge in [-0.1, -0.05) is 23.7 Å². The first kappa shape index (κ1) is 15.3. The summed E-state index contributed by atoms with van der Waals surface area (Å²) in [5.41, 5.74) is 0.726. The minimum Gasteiger partial charge on any atom is -0.321 e. The molecular formula is C14H11ClN2O3S. The fraction of sp³-hybridized carbons (Fsp3) is 0.0714. The zero-order valence-electron chi connectivity index (χ0n) is 11.0. The van der Waals surface area contributed by atoms with Crippen molar-refractivity contribution in [3.8, 4) is 0 Å². The van der Waals surface area contributed by atoms with Gasteiger partial charge in [-0.05, 0) is 30.5 Å². The summed E-state index contributed by atoms with van der Waals surface area (Å²) in [5.74, 6) is -0.367. The van der Waals surface area contributed by atoms with E-state index in [1.165, 1.54) is 30.0 Å². The second kappa shape index (κ2) is 6.60. The molecule has 2 rings (SSSR count). The smallest absolute Gasteiger partial charge is 0.287 e. The third-order valence-corrected chi connectivity index (χ3v) is 3.86. The normalized spacial score (nSPS) is 10.2. The van der Waals surface area contributed by atoms with Gasteiger partial charge < -0.3 is 5.32 Å². The number of amides is 1. The highest BCUT2D eigenvalue weighted by Gasteiger charge is 2.16. The van der Waals surface area contributed by atoms with Crippen LogP contribution in [0.4, 0.5) is 11.4 Å². The molecule has 0 atom stereocenters. The number of anilines is 1. The minimum atomic E-state index is -0.590. The highest BCUT2D eigenvalue weighted by molar-refractivity contribution is 7.98. The number of carbonyl (C=O) groups excluding carboxylic acids is 1. The number of thioether (sulfide) groups is 1. The number of benzene rings is 2. The van der Waals surface area contributed by atoms with Gasteiger partial charge in [0.15, 0.2) is 0 Å². The van der Waals surface area contributed by atoms with E-state index in [1.807, 2.05) is 24.5 Å². The van der Waals surface area contributed by atoms with Crippen LogP contribution in [0.3, 0.4) is 0 Å². The summed E-state index contributed by atoms with van der Waals surface area (Å²) < 4.78 is 0. The van der Waals surface area contributed by atoms with Gasteiger partial charge in [0, 0.05) is 16.5 Å². The Labute approximate surface area is 130 Å². The summed E-state index contributed by atoms with van der Waals surface area (Å²) in [6, 6.07) is 11.3. The fourth-order valence-corrected chi connectivity index (χ4v) is 2.54. The van der Waals surface area contributed by atoms with Crippen LogP contribution in [-0.4, -0.2) is 17.1 Å². The van der Waals surface area contributed by atoms with Crippen molar-refractivity contribution in [3.63, 3.8) is 0 Å². The maximum atomic E-state index is 12.2. The molecule has 21 heavy (non-hydrogen) atoms. The Bertz CT molecular complexity index is 706. The minimum absolute atomic E-state index is 0.0641. The second-order valence-electron chi connectivity index (χ2n) is 4.08. The molecular weight excluding hydrogens is 312 g/mol. The quantitative estimate of drug-likeness (QED) is 0.519. The molecule has 1 N–H and O–H groups in total. The van der Waals surface area contributed by atoms with Crippen molar-refractivity contribution >= 4 is 40.6 Å². The maximum absolute atomic E-state index is 12.2. The summed E-state index contributed by atoms with van der Waals surface area (Å²) in [6.07, 6.45) is 1.91. The number of nitro benzene ring substituents is 1. The van der Waals surface area contributed by atoms with E-state index in [9.17, 15) is 14.9 Å². The molecule has 0 bridgehead atoms. The van der Waals surface area contributed by atoms with Gasteiger partial charge in [0.2, 0.25) is 0 Å². The lowest BCUT2D eigenvalue weighted by atomic mass is 10.2. The predicted molar refractivity (Wildman–Crippen MR) is 84.3 cm³/mol. The predicted octanol–water partition coefficient (Wildman–Crippen LogP) is 4.22. The van der Waals surface area contributed by atoms with Gasteiger partial charge in [0.25, 0.3) is 11.6 Å². The van der Waals surface area contributed by atoms with Crippen LogP contribution in [0.2, 0.25) is 5.02 Å². The van der Waals surface area contributed by atoms with Crippen molar-refractivity contribution in [2.75, 3.05) is 11.6 Å². The molecule has 0 spiro atoms. The monoisotopic (exact) mass is 322 g/mol. The number of nitrogens with zero attached hydrogens (tertiary/aromatic N) is 1. The molecule has 0 radical (unpaired) electrons. The van der Waals surface area contributed by atoms with Gasteiger partial charge in [-0.3, -0.25) is 14.9 Å². The van der Waals surface area contributed by atoms with E-state index in [0.717, 1.165) is 4.90 Å². The molecule has 0 aliphatic carbocycles. The molecule has 2 aromatic rings. The molecule has 7 heteroatoms. The highest BCUT2D eigenvalue weighted by Crippen LogP contribution is 2.27. The SMILES string of the molecule is CSc1ccccc1NC(=O)c1ccc([N+](=O)[O-])c(Cl)c1. The average Bonchev–Trinajstić information content (AvgIpc) is 2.47. The van der Waals surface area contributed by atoms with Gasteiger partial charge in [0.1, 0.15) is 5.02 Å². The van der Waals surface area contributed by atoms with E-state index in [1.54, 1.807) is 6.07 Å². The van der Waals surface area contributed by atoms with Crippen molar-refractivity contribution in [3.05, 3.63) is 63.2 Å². The van der Waals surface area contributed by atoms with Crippen LogP contribution in [0.1, 0.15) is 10.4 Å². The molecule has 0 heterocycles. The molecule has 0 aromatic heterocycles. The van der Waals surface area contributed by atoms with E-state index >= 15 is 0 Å². The fourth-order valence-electron chi connectivity index (χ4n) is 1.74. The number of hydrogen-bond donors (Lipinski definition) is 1. The van der Waals surface area contributed by atoms with Crippen LogP contribution >= 0.6 is 23.4 Å². The van der Waals surface area contributed by atoms with Crippen LogP contribution in [0, 0.1) is 10.1 Å². The summed E-state index contributed by atoms with van der Waals surface area (Å²) in [4.78, 5) is 23.2. The average molecular weight is 323 g/mol. The lowest BCUT2D eigenvalue weighted by Crippen LogP contribution is -2.12. The standard InChI is InChI=1S/C14H11ClN2O3S/c1-21-13-5-3-2-4-11(13)16-14(18)9-6-7-12(17(19)20)10(15)8-9/h2-8H,1H3,(H,16,18). The summed E-state index contributed by atoms with van der Waals surface area (Å²) >= 11 is 7.32. The van der Waals surface area contributed by atoms with Crippen LogP contribution in [0.25, 0.3) is 0 Å². The lowest BCUT2D eigenvalue weighted by Gasteiger charge is -2.09. The molecule has 0 unspecified atom stereocenters. The first-order valence-corrected chi connectivity index (χ1v) is 7.51. The van der Waals surface area contributed by atoms with Gasteiger partial charge in [-0.2, -0.15) is 0 Å². The van der Waals surface area contributed by atoms with E-state index in [4.69, 9.17) is 11.6 Å². The number of hydrogen-bond acceptors (Lipinski definition) is 4. The molecule has 2 aromatic carbocycles. The van der Waals surface area contributed by atoms with Crippen LogP contribution in [0.15, 0.2) is 47.4 Å². The van der Waals surface area contributed by atoms with E-state index in [-0.39, 0.29) is 22.2 Å².